The lowest BCUT2D eigenvalue weighted by molar-refractivity contribution is -0.126. The van der Waals surface area contributed by atoms with Crippen LogP contribution in [0.15, 0.2) is 30.3 Å². The fraction of sp³-hybridized carbons (Fsp3) is 0.667. The van der Waals surface area contributed by atoms with E-state index in [1.165, 1.54) is 31.4 Å². The number of carbonyl (C=O) groups excluding carboxylic acids is 1. The molecule has 0 aliphatic carbocycles. The SMILES string of the molecule is C[C@H]1CCCCN1CCNC(=O)C1CCN(Cc2ccccc2)CC1. The van der Waals surface area contributed by atoms with Gasteiger partial charge in [-0.1, -0.05) is 36.8 Å². The summed E-state index contributed by atoms with van der Waals surface area (Å²) in [7, 11) is 0. The maximum absolute atomic E-state index is 12.4. The normalized spacial score (nSPS) is 23.5. The molecular weight excluding hydrogens is 310 g/mol. The molecule has 2 aliphatic rings. The topological polar surface area (TPSA) is 35.6 Å². The van der Waals surface area contributed by atoms with Crippen LogP contribution in [0.5, 0.6) is 0 Å². The summed E-state index contributed by atoms with van der Waals surface area (Å²) in [6.45, 7) is 8.35. The number of nitrogens with one attached hydrogen (secondary N) is 1. The van der Waals surface area contributed by atoms with Crippen molar-refractivity contribution < 1.29 is 4.79 Å². The number of hydrogen-bond donors (Lipinski definition) is 1. The van der Waals surface area contributed by atoms with Crippen LogP contribution in [0.25, 0.3) is 0 Å². The highest BCUT2D eigenvalue weighted by Gasteiger charge is 2.25. The van der Waals surface area contributed by atoms with Crippen LogP contribution in [0.1, 0.15) is 44.6 Å². The molecule has 1 amide bonds. The molecule has 2 heterocycles. The molecule has 4 heteroatoms. The van der Waals surface area contributed by atoms with Gasteiger partial charge in [-0.25, -0.2) is 0 Å². The number of amides is 1. The Kier molecular flexibility index (Phi) is 6.88. The molecule has 25 heavy (non-hydrogen) atoms. The number of nitrogens with zero attached hydrogens (tertiary/aromatic N) is 2. The number of rotatable bonds is 6. The van der Waals surface area contributed by atoms with E-state index < -0.39 is 0 Å². The second-order valence-corrected chi connectivity index (χ2v) is 7.71. The molecule has 4 nitrogen and oxygen atoms in total. The number of benzene rings is 1. The summed E-state index contributed by atoms with van der Waals surface area (Å²) in [4.78, 5) is 17.4. The molecule has 0 saturated carbocycles. The van der Waals surface area contributed by atoms with Gasteiger partial charge in [0.1, 0.15) is 0 Å². The van der Waals surface area contributed by atoms with Gasteiger partial charge in [-0.15, -0.1) is 0 Å². The minimum atomic E-state index is 0.200. The summed E-state index contributed by atoms with van der Waals surface area (Å²) < 4.78 is 0. The highest BCUT2D eigenvalue weighted by molar-refractivity contribution is 5.78. The summed E-state index contributed by atoms with van der Waals surface area (Å²) >= 11 is 0. The third-order valence-electron chi connectivity index (χ3n) is 5.85. The smallest absolute Gasteiger partial charge is 0.223 e. The second kappa shape index (κ2) is 9.35. The number of likely N-dealkylation sites (tertiary alicyclic amines) is 2. The number of piperidine rings is 2. The molecule has 0 bridgehead atoms. The van der Waals surface area contributed by atoms with Crippen molar-refractivity contribution in [2.24, 2.45) is 5.92 Å². The lowest BCUT2D eigenvalue weighted by Gasteiger charge is -2.34. The largest absolute Gasteiger partial charge is 0.355 e. The Hall–Kier alpha value is -1.39. The Labute approximate surface area is 152 Å². The van der Waals surface area contributed by atoms with Crippen LogP contribution in [0.3, 0.4) is 0 Å². The van der Waals surface area contributed by atoms with Crippen molar-refractivity contribution in [3.05, 3.63) is 35.9 Å². The van der Waals surface area contributed by atoms with Crippen LogP contribution in [0.4, 0.5) is 0 Å². The Balaban J connectivity index is 1.34. The standard InChI is InChI=1S/C21H33N3O/c1-18-7-5-6-13-24(18)16-12-22-21(25)20-10-14-23(15-11-20)17-19-8-3-2-4-9-19/h2-4,8-9,18,20H,5-7,10-17H2,1H3,(H,22,25)/t18-/m0/s1. The molecule has 1 atom stereocenters. The summed E-state index contributed by atoms with van der Waals surface area (Å²) in [5.41, 5.74) is 1.36. The van der Waals surface area contributed by atoms with Crippen LogP contribution < -0.4 is 5.32 Å². The summed E-state index contributed by atoms with van der Waals surface area (Å²) in [5.74, 6) is 0.467. The molecule has 2 saturated heterocycles. The first kappa shape index (κ1) is 18.4. The van der Waals surface area contributed by atoms with Gasteiger partial charge in [0.2, 0.25) is 5.91 Å². The molecule has 2 fully saturated rings. The summed E-state index contributed by atoms with van der Waals surface area (Å²) in [6.07, 6.45) is 5.93. The van der Waals surface area contributed by atoms with Gasteiger partial charge in [0.25, 0.3) is 0 Å². The van der Waals surface area contributed by atoms with Crippen molar-refractivity contribution in [1.82, 2.24) is 15.1 Å². The molecule has 1 aromatic rings. The lowest BCUT2D eigenvalue weighted by Crippen LogP contribution is -2.45. The predicted octanol–water partition coefficient (Wildman–Crippen LogP) is 2.89. The van der Waals surface area contributed by atoms with E-state index in [1.807, 2.05) is 0 Å². The Bertz CT molecular complexity index is 525. The second-order valence-electron chi connectivity index (χ2n) is 7.71. The average molecular weight is 344 g/mol. The van der Waals surface area contributed by atoms with Gasteiger partial charge >= 0.3 is 0 Å². The van der Waals surface area contributed by atoms with E-state index >= 15 is 0 Å². The molecule has 0 spiro atoms. The van der Waals surface area contributed by atoms with Gasteiger partial charge in [0.05, 0.1) is 0 Å². The zero-order valence-electron chi connectivity index (χ0n) is 15.6. The average Bonchev–Trinajstić information content (AvgIpc) is 2.65. The maximum atomic E-state index is 12.4. The number of hydrogen-bond acceptors (Lipinski definition) is 3. The molecule has 138 valence electrons. The van der Waals surface area contributed by atoms with E-state index in [0.717, 1.165) is 45.6 Å². The van der Waals surface area contributed by atoms with E-state index in [-0.39, 0.29) is 11.8 Å². The first-order valence-electron chi connectivity index (χ1n) is 10.0. The van der Waals surface area contributed by atoms with Crippen molar-refractivity contribution in [2.75, 3.05) is 32.7 Å². The van der Waals surface area contributed by atoms with Gasteiger partial charge < -0.3 is 5.32 Å². The maximum Gasteiger partial charge on any atom is 0.223 e. The molecule has 3 rings (SSSR count). The van der Waals surface area contributed by atoms with Gasteiger partial charge in [-0.2, -0.15) is 0 Å². The molecule has 2 aliphatic heterocycles. The zero-order chi connectivity index (χ0) is 17.5. The Morgan fingerprint density at radius 3 is 2.56 bits per heavy atom. The quantitative estimate of drug-likeness (QED) is 0.863. The van der Waals surface area contributed by atoms with Gasteiger partial charge in [-0.05, 0) is 57.8 Å². The molecule has 0 radical (unpaired) electrons. The highest BCUT2D eigenvalue weighted by atomic mass is 16.1. The monoisotopic (exact) mass is 343 g/mol. The minimum absolute atomic E-state index is 0.200. The Morgan fingerprint density at radius 2 is 1.84 bits per heavy atom. The van der Waals surface area contributed by atoms with Crippen molar-refractivity contribution in [1.29, 1.82) is 0 Å². The van der Waals surface area contributed by atoms with Crippen LogP contribution >= 0.6 is 0 Å². The zero-order valence-corrected chi connectivity index (χ0v) is 15.6. The van der Waals surface area contributed by atoms with E-state index in [2.05, 4.69) is 52.4 Å². The third kappa shape index (κ3) is 5.55. The third-order valence-corrected chi connectivity index (χ3v) is 5.85. The van der Waals surface area contributed by atoms with Crippen molar-refractivity contribution in [3.63, 3.8) is 0 Å². The molecule has 0 unspecified atom stereocenters. The van der Waals surface area contributed by atoms with Gasteiger partial charge in [0, 0.05) is 31.6 Å². The van der Waals surface area contributed by atoms with Gasteiger partial charge in [0.15, 0.2) is 0 Å². The van der Waals surface area contributed by atoms with E-state index in [1.54, 1.807) is 0 Å². The highest BCUT2D eigenvalue weighted by Crippen LogP contribution is 2.19. The number of carbonyl (C=O) groups is 1. The minimum Gasteiger partial charge on any atom is -0.355 e. The molecule has 1 N–H and O–H groups in total. The van der Waals surface area contributed by atoms with Crippen LogP contribution in [0.2, 0.25) is 0 Å². The summed E-state index contributed by atoms with van der Waals surface area (Å²) in [5, 5.41) is 3.19. The van der Waals surface area contributed by atoms with Crippen molar-refractivity contribution >= 4 is 5.91 Å². The van der Waals surface area contributed by atoms with Crippen LogP contribution in [-0.2, 0) is 11.3 Å². The fourth-order valence-electron chi connectivity index (χ4n) is 4.15. The van der Waals surface area contributed by atoms with E-state index in [9.17, 15) is 4.79 Å². The lowest BCUT2D eigenvalue weighted by atomic mass is 9.95. The molecule has 0 aromatic heterocycles. The first-order chi connectivity index (χ1) is 12.2. The Morgan fingerprint density at radius 1 is 1.08 bits per heavy atom. The molecule has 1 aromatic carbocycles. The van der Waals surface area contributed by atoms with Crippen molar-refractivity contribution in [3.8, 4) is 0 Å². The molecular formula is C21H33N3O. The van der Waals surface area contributed by atoms with Gasteiger partial charge in [-0.3, -0.25) is 14.6 Å². The van der Waals surface area contributed by atoms with E-state index in [0.29, 0.717) is 6.04 Å². The summed E-state index contributed by atoms with van der Waals surface area (Å²) in [6, 6.07) is 11.3. The van der Waals surface area contributed by atoms with Crippen LogP contribution in [0, 0.1) is 5.92 Å². The van der Waals surface area contributed by atoms with E-state index in [4.69, 9.17) is 0 Å². The fourth-order valence-corrected chi connectivity index (χ4v) is 4.15. The first-order valence-corrected chi connectivity index (χ1v) is 10.0. The van der Waals surface area contributed by atoms with Crippen molar-refractivity contribution in [2.45, 2.75) is 51.6 Å². The predicted molar refractivity (Wildman–Crippen MR) is 102 cm³/mol. The van der Waals surface area contributed by atoms with Crippen LogP contribution in [-0.4, -0.2) is 54.5 Å².